The van der Waals surface area contributed by atoms with Crippen molar-refractivity contribution in [1.82, 2.24) is 9.88 Å². The summed E-state index contributed by atoms with van der Waals surface area (Å²) in [5.41, 5.74) is 1.84. The van der Waals surface area contributed by atoms with Crippen LogP contribution in [0.4, 0.5) is 0 Å². The second-order valence-electron chi connectivity index (χ2n) is 5.31. The zero-order valence-electron chi connectivity index (χ0n) is 11.8. The summed E-state index contributed by atoms with van der Waals surface area (Å²) in [6.07, 6.45) is 6.24. The van der Waals surface area contributed by atoms with E-state index in [-0.39, 0.29) is 12.0 Å². The molecular formula is C17H18N2O2. The van der Waals surface area contributed by atoms with Crippen LogP contribution in [0, 0.1) is 0 Å². The molecule has 108 valence electrons. The van der Waals surface area contributed by atoms with Gasteiger partial charge in [0.2, 0.25) is 5.91 Å². The van der Waals surface area contributed by atoms with Crippen LogP contribution in [0.5, 0.6) is 0 Å². The molecule has 4 heteroatoms. The van der Waals surface area contributed by atoms with Crippen molar-refractivity contribution < 1.29 is 9.90 Å². The van der Waals surface area contributed by atoms with Crippen LogP contribution in [0.3, 0.4) is 0 Å². The van der Waals surface area contributed by atoms with Gasteiger partial charge in [0.05, 0.1) is 11.6 Å². The minimum atomic E-state index is -0.264. The highest BCUT2D eigenvalue weighted by Crippen LogP contribution is 2.17. The predicted octanol–water partition coefficient (Wildman–Crippen LogP) is 2.23. The van der Waals surface area contributed by atoms with E-state index in [0.717, 1.165) is 16.5 Å². The van der Waals surface area contributed by atoms with E-state index in [1.54, 1.807) is 17.2 Å². The second kappa shape index (κ2) is 6.06. The van der Waals surface area contributed by atoms with Gasteiger partial charge in [-0.15, -0.1) is 0 Å². The Hall–Kier alpha value is -2.20. The van der Waals surface area contributed by atoms with Gasteiger partial charge in [-0.2, -0.15) is 0 Å². The first-order valence-electron chi connectivity index (χ1n) is 7.23. The topological polar surface area (TPSA) is 53.4 Å². The summed E-state index contributed by atoms with van der Waals surface area (Å²) in [6, 6.07) is 9.84. The van der Waals surface area contributed by atoms with Crippen LogP contribution in [0.2, 0.25) is 0 Å². The molecule has 3 rings (SSSR count). The highest BCUT2D eigenvalue weighted by molar-refractivity contribution is 5.95. The van der Waals surface area contributed by atoms with Crippen LogP contribution in [-0.4, -0.2) is 40.1 Å². The molecule has 1 aliphatic heterocycles. The number of hydrogen-bond acceptors (Lipinski definition) is 3. The molecule has 0 aliphatic carbocycles. The third-order valence-electron chi connectivity index (χ3n) is 3.85. The first-order valence-corrected chi connectivity index (χ1v) is 7.23. The number of carbonyl (C=O) groups excluding carboxylic acids is 1. The quantitative estimate of drug-likeness (QED) is 0.859. The molecule has 2 aromatic rings. The van der Waals surface area contributed by atoms with Crippen molar-refractivity contribution in [1.29, 1.82) is 0 Å². The monoisotopic (exact) mass is 282 g/mol. The first-order chi connectivity index (χ1) is 10.2. The Morgan fingerprint density at radius 1 is 1.24 bits per heavy atom. The Labute approximate surface area is 123 Å². The summed E-state index contributed by atoms with van der Waals surface area (Å²) < 4.78 is 0. The van der Waals surface area contributed by atoms with Gasteiger partial charge in [-0.1, -0.05) is 24.3 Å². The van der Waals surface area contributed by atoms with Crippen LogP contribution in [-0.2, 0) is 4.79 Å². The predicted molar refractivity (Wildman–Crippen MR) is 82.6 cm³/mol. The van der Waals surface area contributed by atoms with Crippen molar-refractivity contribution >= 4 is 22.9 Å². The number of carbonyl (C=O) groups is 1. The number of rotatable bonds is 2. The maximum Gasteiger partial charge on any atom is 0.246 e. The molecule has 1 aliphatic rings. The highest BCUT2D eigenvalue weighted by Gasteiger charge is 2.19. The molecule has 0 unspecified atom stereocenters. The van der Waals surface area contributed by atoms with Gasteiger partial charge < -0.3 is 10.0 Å². The van der Waals surface area contributed by atoms with Gasteiger partial charge in [-0.3, -0.25) is 9.78 Å². The molecule has 0 spiro atoms. The average Bonchev–Trinajstić information content (AvgIpc) is 2.53. The number of hydrogen-bond donors (Lipinski definition) is 1. The van der Waals surface area contributed by atoms with E-state index in [1.807, 2.05) is 36.4 Å². The van der Waals surface area contributed by atoms with Gasteiger partial charge in [0, 0.05) is 36.3 Å². The molecule has 1 aromatic carbocycles. The van der Waals surface area contributed by atoms with E-state index < -0.39 is 0 Å². The Kier molecular flexibility index (Phi) is 3.97. The molecule has 21 heavy (non-hydrogen) atoms. The number of benzene rings is 1. The van der Waals surface area contributed by atoms with Gasteiger partial charge >= 0.3 is 0 Å². The Morgan fingerprint density at radius 3 is 2.81 bits per heavy atom. The fraction of sp³-hybridized carbons (Fsp3) is 0.294. The lowest BCUT2D eigenvalue weighted by Crippen LogP contribution is -2.39. The zero-order valence-corrected chi connectivity index (χ0v) is 11.8. The smallest absolute Gasteiger partial charge is 0.246 e. The molecule has 1 amide bonds. The number of aliphatic hydroxyl groups is 1. The van der Waals surface area contributed by atoms with Crippen LogP contribution >= 0.6 is 0 Å². The molecular weight excluding hydrogens is 264 g/mol. The van der Waals surface area contributed by atoms with Crippen LogP contribution in [0.1, 0.15) is 18.4 Å². The molecule has 4 nitrogen and oxygen atoms in total. The Balaban J connectivity index is 1.77. The average molecular weight is 282 g/mol. The van der Waals surface area contributed by atoms with Crippen molar-refractivity contribution in [2.75, 3.05) is 13.1 Å². The third kappa shape index (κ3) is 3.11. The van der Waals surface area contributed by atoms with Crippen LogP contribution in [0.15, 0.2) is 42.6 Å². The van der Waals surface area contributed by atoms with E-state index in [1.165, 1.54) is 0 Å². The summed E-state index contributed by atoms with van der Waals surface area (Å²) in [5.74, 6) is -0.00478. The summed E-state index contributed by atoms with van der Waals surface area (Å²) in [6.45, 7) is 1.25. The molecule has 0 bridgehead atoms. The summed E-state index contributed by atoms with van der Waals surface area (Å²) in [7, 11) is 0. The number of fused-ring (bicyclic) bond motifs is 1. The number of para-hydroxylation sites is 1. The van der Waals surface area contributed by atoms with Gasteiger partial charge in [-0.25, -0.2) is 0 Å². The molecule has 2 heterocycles. The number of aromatic nitrogens is 1. The molecule has 1 saturated heterocycles. The third-order valence-corrected chi connectivity index (χ3v) is 3.85. The fourth-order valence-electron chi connectivity index (χ4n) is 2.62. The lowest BCUT2D eigenvalue weighted by molar-refractivity contribution is -0.127. The minimum absolute atomic E-state index is 0.00478. The number of likely N-dealkylation sites (tertiary alicyclic amines) is 1. The van der Waals surface area contributed by atoms with Crippen molar-refractivity contribution in [3.8, 4) is 0 Å². The van der Waals surface area contributed by atoms with Crippen LogP contribution < -0.4 is 0 Å². The largest absolute Gasteiger partial charge is 0.393 e. The van der Waals surface area contributed by atoms with Crippen molar-refractivity contribution in [3.63, 3.8) is 0 Å². The SMILES string of the molecule is O=C(/C=C/c1cccc2cccnc12)N1CCC(O)CC1. The van der Waals surface area contributed by atoms with E-state index in [9.17, 15) is 9.90 Å². The van der Waals surface area contributed by atoms with Crippen molar-refractivity contribution in [3.05, 3.63) is 48.2 Å². The molecule has 1 N–H and O–H groups in total. The summed E-state index contributed by atoms with van der Waals surface area (Å²) >= 11 is 0. The minimum Gasteiger partial charge on any atom is -0.393 e. The lowest BCUT2D eigenvalue weighted by atomic mass is 10.1. The number of pyridine rings is 1. The summed E-state index contributed by atoms with van der Waals surface area (Å²) in [5, 5.41) is 10.5. The maximum atomic E-state index is 12.2. The zero-order chi connectivity index (χ0) is 14.7. The fourth-order valence-corrected chi connectivity index (χ4v) is 2.62. The molecule has 1 aromatic heterocycles. The van der Waals surface area contributed by atoms with Gasteiger partial charge in [0.1, 0.15) is 0 Å². The standard InChI is InChI=1S/C17H18N2O2/c20-15-8-11-19(12-9-15)16(21)7-6-14-4-1-3-13-5-2-10-18-17(13)14/h1-7,10,15,20H,8-9,11-12H2/b7-6+. The number of piperidine rings is 1. The number of nitrogens with zero attached hydrogens (tertiary/aromatic N) is 2. The molecule has 0 saturated carbocycles. The Bertz CT molecular complexity index is 668. The van der Waals surface area contributed by atoms with E-state index in [0.29, 0.717) is 25.9 Å². The molecule has 0 atom stereocenters. The van der Waals surface area contributed by atoms with Crippen LogP contribution in [0.25, 0.3) is 17.0 Å². The summed E-state index contributed by atoms with van der Waals surface area (Å²) in [4.78, 5) is 18.3. The number of amides is 1. The van der Waals surface area contributed by atoms with E-state index in [2.05, 4.69) is 4.98 Å². The van der Waals surface area contributed by atoms with Gasteiger partial charge in [-0.05, 0) is 25.0 Å². The van der Waals surface area contributed by atoms with E-state index in [4.69, 9.17) is 0 Å². The first kappa shape index (κ1) is 13.8. The second-order valence-corrected chi connectivity index (χ2v) is 5.31. The van der Waals surface area contributed by atoms with Crippen molar-refractivity contribution in [2.45, 2.75) is 18.9 Å². The Morgan fingerprint density at radius 2 is 2.00 bits per heavy atom. The lowest BCUT2D eigenvalue weighted by Gasteiger charge is -2.28. The normalized spacial score (nSPS) is 16.7. The van der Waals surface area contributed by atoms with E-state index >= 15 is 0 Å². The maximum absolute atomic E-state index is 12.2. The van der Waals surface area contributed by atoms with Gasteiger partial charge in [0.15, 0.2) is 0 Å². The highest BCUT2D eigenvalue weighted by atomic mass is 16.3. The molecule has 1 fully saturated rings. The van der Waals surface area contributed by atoms with Crippen molar-refractivity contribution in [2.24, 2.45) is 0 Å². The van der Waals surface area contributed by atoms with Gasteiger partial charge in [0.25, 0.3) is 0 Å². The number of aliphatic hydroxyl groups excluding tert-OH is 1. The molecule has 0 radical (unpaired) electrons.